The normalized spacial score (nSPS) is 11.9. The quantitative estimate of drug-likeness (QED) is 0.821. The molecule has 0 fully saturated rings. The molecule has 27 heavy (non-hydrogen) atoms. The van der Waals surface area contributed by atoms with Crippen LogP contribution in [0.5, 0.6) is 0 Å². The summed E-state index contributed by atoms with van der Waals surface area (Å²) in [5.41, 5.74) is 1.93. The number of aryl methyl sites for hydroxylation is 2. The lowest BCUT2D eigenvalue weighted by Crippen LogP contribution is -2.47. The van der Waals surface area contributed by atoms with E-state index in [-0.39, 0.29) is 17.3 Å². The van der Waals surface area contributed by atoms with Crippen molar-refractivity contribution in [1.82, 2.24) is 5.32 Å². The zero-order chi connectivity index (χ0) is 20.2. The fourth-order valence-corrected chi connectivity index (χ4v) is 4.24. The molecule has 2 rings (SSSR count). The molecule has 0 heterocycles. The van der Waals surface area contributed by atoms with E-state index >= 15 is 0 Å². The first-order valence-corrected chi connectivity index (χ1v) is 10.5. The smallest absolute Gasteiger partial charge is 0.264 e. The summed E-state index contributed by atoms with van der Waals surface area (Å²) in [7, 11) is -3.88. The number of para-hydroxylation sites is 1. The predicted octanol–water partition coefficient (Wildman–Crippen LogP) is 3.67. The van der Waals surface area contributed by atoms with E-state index in [2.05, 4.69) is 5.32 Å². The Labute approximate surface area is 162 Å². The molecule has 5 nitrogen and oxygen atoms in total. The van der Waals surface area contributed by atoms with E-state index in [1.807, 2.05) is 46.8 Å². The van der Waals surface area contributed by atoms with Crippen molar-refractivity contribution in [2.45, 2.75) is 51.5 Å². The minimum absolute atomic E-state index is 0.169. The number of benzene rings is 2. The molecule has 0 aromatic heterocycles. The van der Waals surface area contributed by atoms with Gasteiger partial charge in [0, 0.05) is 5.54 Å². The van der Waals surface area contributed by atoms with Crippen molar-refractivity contribution in [3.63, 3.8) is 0 Å². The van der Waals surface area contributed by atoms with Gasteiger partial charge in [0.05, 0.1) is 10.6 Å². The fourth-order valence-electron chi connectivity index (χ4n) is 2.78. The summed E-state index contributed by atoms with van der Waals surface area (Å²) in [6.45, 7) is 9.18. The Morgan fingerprint density at radius 1 is 1.04 bits per heavy atom. The van der Waals surface area contributed by atoms with Gasteiger partial charge < -0.3 is 5.32 Å². The molecule has 0 bridgehead atoms. The highest BCUT2D eigenvalue weighted by molar-refractivity contribution is 7.92. The van der Waals surface area contributed by atoms with Gasteiger partial charge in [-0.1, -0.05) is 42.8 Å². The summed E-state index contributed by atoms with van der Waals surface area (Å²) in [6.07, 6.45) is 0.664. The number of hydrogen-bond donors (Lipinski definition) is 1. The van der Waals surface area contributed by atoms with Crippen LogP contribution in [0.15, 0.2) is 53.4 Å². The van der Waals surface area contributed by atoms with Gasteiger partial charge >= 0.3 is 0 Å². The molecule has 0 saturated carbocycles. The molecule has 0 aliphatic rings. The summed E-state index contributed by atoms with van der Waals surface area (Å²) in [5, 5.41) is 2.84. The molecule has 0 spiro atoms. The van der Waals surface area contributed by atoms with Crippen molar-refractivity contribution < 1.29 is 13.2 Å². The van der Waals surface area contributed by atoms with Crippen LogP contribution < -0.4 is 9.62 Å². The van der Waals surface area contributed by atoms with Crippen LogP contribution in [-0.2, 0) is 21.2 Å². The first kappa shape index (κ1) is 21.0. The second-order valence-electron chi connectivity index (χ2n) is 7.61. The Kier molecular flexibility index (Phi) is 6.31. The van der Waals surface area contributed by atoms with Gasteiger partial charge in [-0.05, 0) is 57.9 Å². The average molecular weight is 389 g/mol. The Bertz CT molecular complexity index is 898. The van der Waals surface area contributed by atoms with E-state index in [1.165, 1.54) is 4.31 Å². The number of carbonyl (C=O) groups is 1. The van der Waals surface area contributed by atoms with Crippen LogP contribution in [0.4, 0.5) is 5.69 Å². The maximum atomic E-state index is 13.4. The van der Waals surface area contributed by atoms with Crippen molar-refractivity contribution in [3.05, 3.63) is 59.7 Å². The largest absolute Gasteiger partial charge is 0.350 e. The summed E-state index contributed by atoms with van der Waals surface area (Å²) in [4.78, 5) is 12.7. The first-order valence-electron chi connectivity index (χ1n) is 9.03. The van der Waals surface area contributed by atoms with Crippen LogP contribution in [-0.4, -0.2) is 26.4 Å². The van der Waals surface area contributed by atoms with E-state index in [1.54, 1.807) is 36.4 Å². The highest BCUT2D eigenvalue weighted by Gasteiger charge is 2.29. The van der Waals surface area contributed by atoms with Crippen LogP contribution >= 0.6 is 0 Å². The van der Waals surface area contributed by atoms with Crippen molar-refractivity contribution in [3.8, 4) is 0 Å². The average Bonchev–Trinajstić information content (AvgIpc) is 2.58. The fraction of sp³-hybridized carbons (Fsp3) is 0.381. The van der Waals surface area contributed by atoms with Gasteiger partial charge in [0.25, 0.3) is 10.0 Å². The first-order chi connectivity index (χ1) is 12.5. The van der Waals surface area contributed by atoms with Gasteiger partial charge in [0.2, 0.25) is 5.91 Å². The van der Waals surface area contributed by atoms with Gasteiger partial charge in [-0.3, -0.25) is 9.10 Å². The Morgan fingerprint density at radius 2 is 1.63 bits per heavy atom. The molecular formula is C21H28N2O3S. The Hall–Kier alpha value is -2.34. The molecule has 2 aromatic rings. The lowest BCUT2D eigenvalue weighted by Gasteiger charge is -2.28. The van der Waals surface area contributed by atoms with Crippen LogP contribution in [0.2, 0.25) is 0 Å². The van der Waals surface area contributed by atoms with Gasteiger partial charge in [-0.15, -0.1) is 0 Å². The molecule has 146 valence electrons. The van der Waals surface area contributed by atoms with Crippen molar-refractivity contribution >= 4 is 21.6 Å². The van der Waals surface area contributed by atoms with Gasteiger partial charge in [0.15, 0.2) is 0 Å². The number of carbonyl (C=O) groups excluding carboxylic acids is 1. The highest BCUT2D eigenvalue weighted by atomic mass is 32.2. The minimum Gasteiger partial charge on any atom is -0.350 e. The van der Waals surface area contributed by atoms with E-state index in [4.69, 9.17) is 0 Å². The zero-order valence-corrected chi connectivity index (χ0v) is 17.4. The summed E-state index contributed by atoms with van der Waals surface area (Å²) < 4.78 is 27.9. The Balaban J connectivity index is 2.52. The van der Waals surface area contributed by atoms with Crippen LogP contribution in [0, 0.1) is 6.92 Å². The number of hydrogen-bond acceptors (Lipinski definition) is 3. The summed E-state index contributed by atoms with van der Waals surface area (Å²) in [5.74, 6) is -0.343. The van der Waals surface area contributed by atoms with Crippen LogP contribution in [0.3, 0.4) is 0 Å². The highest BCUT2D eigenvalue weighted by Crippen LogP contribution is 2.27. The number of nitrogens with zero attached hydrogens (tertiary/aromatic N) is 1. The van der Waals surface area contributed by atoms with Crippen molar-refractivity contribution in [1.29, 1.82) is 0 Å². The number of amides is 1. The number of sulfonamides is 1. The second kappa shape index (κ2) is 8.13. The molecule has 6 heteroatoms. The number of rotatable bonds is 6. The summed E-state index contributed by atoms with van der Waals surface area (Å²) in [6, 6.07) is 13.9. The lowest BCUT2D eigenvalue weighted by atomic mass is 10.1. The minimum atomic E-state index is -3.88. The molecule has 0 aliphatic carbocycles. The van der Waals surface area contributed by atoms with E-state index in [0.29, 0.717) is 12.1 Å². The maximum Gasteiger partial charge on any atom is 0.264 e. The van der Waals surface area contributed by atoms with E-state index in [9.17, 15) is 13.2 Å². The monoisotopic (exact) mass is 388 g/mol. The number of nitrogens with one attached hydrogen (secondary N) is 1. The third-order valence-electron chi connectivity index (χ3n) is 4.05. The topological polar surface area (TPSA) is 66.5 Å². The molecule has 0 unspecified atom stereocenters. The molecule has 0 saturated heterocycles. The molecule has 0 atom stereocenters. The predicted molar refractivity (Wildman–Crippen MR) is 109 cm³/mol. The summed E-state index contributed by atoms with van der Waals surface area (Å²) >= 11 is 0. The third kappa shape index (κ3) is 5.32. The maximum absolute atomic E-state index is 13.4. The second-order valence-corrected chi connectivity index (χ2v) is 9.47. The van der Waals surface area contributed by atoms with Crippen molar-refractivity contribution in [2.75, 3.05) is 10.8 Å². The van der Waals surface area contributed by atoms with E-state index < -0.39 is 15.6 Å². The molecular weight excluding hydrogens is 360 g/mol. The number of anilines is 1. The third-order valence-corrected chi connectivity index (χ3v) is 5.83. The molecule has 0 aliphatic heterocycles. The molecule has 0 radical (unpaired) electrons. The van der Waals surface area contributed by atoms with E-state index in [0.717, 1.165) is 11.1 Å². The lowest BCUT2D eigenvalue weighted by molar-refractivity contribution is -0.121. The van der Waals surface area contributed by atoms with Gasteiger partial charge in [-0.2, -0.15) is 0 Å². The van der Waals surface area contributed by atoms with Gasteiger partial charge in [-0.25, -0.2) is 8.42 Å². The molecule has 1 amide bonds. The molecule has 2 aromatic carbocycles. The van der Waals surface area contributed by atoms with Crippen LogP contribution in [0.25, 0.3) is 0 Å². The SMILES string of the molecule is CCc1ccccc1N(CC(=O)NC(C)(C)C)S(=O)(=O)c1ccc(C)cc1. The zero-order valence-electron chi connectivity index (χ0n) is 16.6. The Morgan fingerprint density at radius 3 is 2.19 bits per heavy atom. The van der Waals surface area contributed by atoms with Crippen LogP contribution in [0.1, 0.15) is 38.8 Å². The van der Waals surface area contributed by atoms with Crippen molar-refractivity contribution in [2.24, 2.45) is 0 Å². The molecule has 1 N–H and O–H groups in total. The standard InChI is InChI=1S/C21H28N2O3S/c1-6-17-9-7-8-10-19(17)23(15-20(24)22-21(3,4)5)27(25,26)18-13-11-16(2)12-14-18/h7-14H,6,15H2,1-5H3,(H,22,24). The van der Waals surface area contributed by atoms with Gasteiger partial charge in [0.1, 0.15) is 6.54 Å².